The normalized spacial score (nSPS) is 12.7. The molecular formula is C11H19N3O. The van der Waals surface area contributed by atoms with Gasteiger partial charge in [0.15, 0.2) is 0 Å². The molecule has 0 aliphatic carbocycles. The van der Waals surface area contributed by atoms with Crippen LogP contribution in [0.3, 0.4) is 0 Å². The molecule has 84 valence electrons. The minimum atomic E-state index is 0.249. The largest absolute Gasteiger partial charge is 0.385 e. The number of nitrogens with zero attached hydrogens (tertiary/aromatic N) is 2. The third-order valence-electron chi connectivity index (χ3n) is 2.19. The molecule has 1 heterocycles. The third kappa shape index (κ3) is 4.36. The summed E-state index contributed by atoms with van der Waals surface area (Å²) < 4.78 is 5.09. The Morgan fingerprint density at radius 3 is 2.93 bits per heavy atom. The lowest BCUT2D eigenvalue weighted by Gasteiger charge is -2.16. The van der Waals surface area contributed by atoms with Gasteiger partial charge in [-0.3, -0.25) is 9.97 Å². The molecule has 0 aromatic carbocycles. The zero-order chi connectivity index (χ0) is 10.9. The first-order valence-corrected chi connectivity index (χ1v) is 5.36. The van der Waals surface area contributed by atoms with Crippen molar-refractivity contribution in [2.24, 2.45) is 0 Å². The van der Waals surface area contributed by atoms with Crippen LogP contribution < -0.4 is 5.32 Å². The van der Waals surface area contributed by atoms with Gasteiger partial charge in [0.05, 0.1) is 11.7 Å². The molecule has 1 aromatic rings. The molecule has 4 nitrogen and oxygen atoms in total. The van der Waals surface area contributed by atoms with Crippen molar-refractivity contribution < 1.29 is 4.74 Å². The number of ether oxygens (including phenoxy) is 1. The van der Waals surface area contributed by atoms with E-state index in [-0.39, 0.29) is 6.04 Å². The molecule has 1 rings (SSSR count). The van der Waals surface area contributed by atoms with Crippen molar-refractivity contribution in [1.82, 2.24) is 15.3 Å². The molecule has 4 heteroatoms. The van der Waals surface area contributed by atoms with E-state index in [0.29, 0.717) is 0 Å². The summed E-state index contributed by atoms with van der Waals surface area (Å²) >= 11 is 0. The predicted octanol–water partition coefficient (Wildman–Crippen LogP) is 1.55. The Morgan fingerprint density at radius 1 is 1.47 bits per heavy atom. The average molecular weight is 209 g/mol. The lowest BCUT2D eigenvalue weighted by Crippen LogP contribution is -2.24. The second-order valence-electron chi connectivity index (χ2n) is 3.42. The fourth-order valence-corrected chi connectivity index (χ4v) is 1.40. The molecule has 15 heavy (non-hydrogen) atoms. The van der Waals surface area contributed by atoms with Gasteiger partial charge in [-0.25, -0.2) is 0 Å². The maximum atomic E-state index is 5.09. The van der Waals surface area contributed by atoms with Gasteiger partial charge in [-0.15, -0.1) is 0 Å². The van der Waals surface area contributed by atoms with E-state index < -0.39 is 0 Å². The summed E-state index contributed by atoms with van der Waals surface area (Å²) in [5.41, 5.74) is 0.989. The van der Waals surface area contributed by atoms with Crippen LogP contribution in [0.15, 0.2) is 18.6 Å². The molecule has 0 amide bonds. The van der Waals surface area contributed by atoms with Crippen molar-refractivity contribution in [3.8, 4) is 0 Å². The van der Waals surface area contributed by atoms with E-state index in [1.54, 1.807) is 19.5 Å². The Bertz CT molecular complexity index is 245. The van der Waals surface area contributed by atoms with Crippen LogP contribution in [0.2, 0.25) is 0 Å². The van der Waals surface area contributed by atoms with E-state index in [9.17, 15) is 0 Å². The van der Waals surface area contributed by atoms with Crippen LogP contribution in [-0.2, 0) is 4.74 Å². The molecule has 1 unspecified atom stereocenters. The first kappa shape index (κ1) is 12.1. The monoisotopic (exact) mass is 209 g/mol. The highest BCUT2D eigenvalue weighted by Gasteiger charge is 2.11. The molecule has 1 atom stereocenters. The molecule has 1 N–H and O–H groups in total. The Labute approximate surface area is 91.1 Å². The van der Waals surface area contributed by atoms with Crippen molar-refractivity contribution in [3.63, 3.8) is 0 Å². The van der Waals surface area contributed by atoms with E-state index in [1.807, 2.05) is 6.20 Å². The van der Waals surface area contributed by atoms with Crippen LogP contribution in [0.4, 0.5) is 0 Å². The SMILES string of the molecule is CCCNC(CCOC)c1cnccn1. The second-order valence-corrected chi connectivity index (χ2v) is 3.42. The van der Waals surface area contributed by atoms with Crippen molar-refractivity contribution >= 4 is 0 Å². The Morgan fingerprint density at radius 2 is 2.33 bits per heavy atom. The Balaban J connectivity index is 2.55. The molecule has 0 radical (unpaired) electrons. The molecule has 0 bridgehead atoms. The summed E-state index contributed by atoms with van der Waals surface area (Å²) in [5, 5.41) is 3.44. The first-order chi connectivity index (χ1) is 7.38. The molecule has 0 aliphatic heterocycles. The van der Waals surface area contributed by atoms with Crippen LogP contribution in [0.1, 0.15) is 31.5 Å². The van der Waals surface area contributed by atoms with Gasteiger partial charge < -0.3 is 10.1 Å². The van der Waals surface area contributed by atoms with Crippen LogP contribution in [0.25, 0.3) is 0 Å². The van der Waals surface area contributed by atoms with E-state index in [4.69, 9.17) is 4.74 Å². The summed E-state index contributed by atoms with van der Waals surface area (Å²) in [6.45, 7) is 3.87. The molecule has 0 aliphatic rings. The molecule has 1 aromatic heterocycles. The van der Waals surface area contributed by atoms with Crippen molar-refractivity contribution in [3.05, 3.63) is 24.3 Å². The number of hydrogen-bond donors (Lipinski definition) is 1. The Kier molecular flexibility index (Phi) is 5.88. The van der Waals surface area contributed by atoms with Crippen LogP contribution in [0.5, 0.6) is 0 Å². The maximum absolute atomic E-state index is 5.09. The molecule has 0 spiro atoms. The van der Waals surface area contributed by atoms with Crippen molar-refractivity contribution in [2.45, 2.75) is 25.8 Å². The van der Waals surface area contributed by atoms with E-state index in [1.165, 1.54) is 0 Å². The third-order valence-corrected chi connectivity index (χ3v) is 2.19. The van der Waals surface area contributed by atoms with Gasteiger partial charge in [0.2, 0.25) is 0 Å². The number of rotatable bonds is 7. The van der Waals surface area contributed by atoms with E-state index in [0.717, 1.165) is 31.7 Å². The fourth-order valence-electron chi connectivity index (χ4n) is 1.40. The highest BCUT2D eigenvalue weighted by molar-refractivity contribution is 5.01. The molecule has 0 fully saturated rings. The van der Waals surface area contributed by atoms with Crippen LogP contribution in [-0.4, -0.2) is 30.2 Å². The zero-order valence-electron chi connectivity index (χ0n) is 9.44. The first-order valence-electron chi connectivity index (χ1n) is 5.36. The highest BCUT2D eigenvalue weighted by atomic mass is 16.5. The van der Waals surface area contributed by atoms with Crippen molar-refractivity contribution in [2.75, 3.05) is 20.3 Å². The summed E-state index contributed by atoms with van der Waals surface area (Å²) in [7, 11) is 1.72. The Hall–Kier alpha value is -1.00. The van der Waals surface area contributed by atoms with Gasteiger partial charge in [0.25, 0.3) is 0 Å². The van der Waals surface area contributed by atoms with E-state index in [2.05, 4.69) is 22.2 Å². The maximum Gasteiger partial charge on any atom is 0.0756 e. The number of hydrogen-bond acceptors (Lipinski definition) is 4. The molecular weight excluding hydrogens is 190 g/mol. The van der Waals surface area contributed by atoms with Gasteiger partial charge in [-0.1, -0.05) is 6.92 Å². The molecule has 0 saturated carbocycles. The quantitative estimate of drug-likeness (QED) is 0.740. The van der Waals surface area contributed by atoms with Gasteiger partial charge in [0, 0.05) is 32.3 Å². The van der Waals surface area contributed by atoms with Crippen molar-refractivity contribution in [1.29, 1.82) is 0 Å². The fraction of sp³-hybridized carbons (Fsp3) is 0.636. The second kappa shape index (κ2) is 7.31. The van der Waals surface area contributed by atoms with Gasteiger partial charge in [-0.2, -0.15) is 0 Å². The summed E-state index contributed by atoms with van der Waals surface area (Å²) in [4.78, 5) is 8.38. The lowest BCUT2D eigenvalue weighted by molar-refractivity contribution is 0.182. The highest BCUT2D eigenvalue weighted by Crippen LogP contribution is 2.12. The smallest absolute Gasteiger partial charge is 0.0756 e. The topological polar surface area (TPSA) is 47.0 Å². The number of aromatic nitrogens is 2. The minimum Gasteiger partial charge on any atom is -0.385 e. The number of methoxy groups -OCH3 is 1. The lowest BCUT2D eigenvalue weighted by atomic mass is 10.1. The zero-order valence-corrected chi connectivity index (χ0v) is 9.44. The van der Waals surface area contributed by atoms with Crippen LogP contribution in [0, 0.1) is 0 Å². The van der Waals surface area contributed by atoms with Gasteiger partial charge >= 0.3 is 0 Å². The summed E-state index contributed by atoms with van der Waals surface area (Å²) in [6, 6.07) is 0.249. The van der Waals surface area contributed by atoms with Crippen LogP contribution >= 0.6 is 0 Å². The average Bonchev–Trinajstić information content (AvgIpc) is 2.30. The number of nitrogens with one attached hydrogen (secondary N) is 1. The van der Waals surface area contributed by atoms with E-state index >= 15 is 0 Å². The minimum absolute atomic E-state index is 0.249. The summed E-state index contributed by atoms with van der Waals surface area (Å²) in [5.74, 6) is 0. The standard InChI is InChI=1S/C11H19N3O/c1-3-5-13-10(4-8-15-2)11-9-12-6-7-14-11/h6-7,9-10,13H,3-5,8H2,1-2H3. The van der Waals surface area contributed by atoms with Gasteiger partial charge in [0.1, 0.15) is 0 Å². The molecule has 0 saturated heterocycles. The summed E-state index contributed by atoms with van der Waals surface area (Å²) in [6.07, 6.45) is 7.27. The van der Waals surface area contributed by atoms with Gasteiger partial charge in [-0.05, 0) is 19.4 Å². The predicted molar refractivity (Wildman–Crippen MR) is 59.6 cm³/mol.